The summed E-state index contributed by atoms with van der Waals surface area (Å²) in [6, 6.07) is 11.0. The van der Waals surface area contributed by atoms with Gasteiger partial charge in [0.05, 0.1) is 18.8 Å². The lowest BCUT2D eigenvalue weighted by molar-refractivity contribution is -0.123. The standard InChI is InChI=1S/C22H26N2O6/c1-4-15-7-9-16(10-8-15)21(26)30-14-20(25)24-22(27)23-17-11-12-18(28-5-2)19(13-17)29-6-3/h7-13H,4-6,14H2,1-3H3,(H2,23,24,25,27). The van der Waals surface area contributed by atoms with Crippen LogP contribution >= 0.6 is 0 Å². The zero-order valence-electron chi connectivity index (χ0n) is 17.3. The average Bonchev–Trinajstić information content (AvgIpc) is 2.74. The minimum absolute atomic E-state index is 0.335. The highest BCUT2D eigenvalue weighted by atomic mass is 16.5. The third-order valence-electron chi connectivity index (χ3n) is 3.99. The third-order valence-corrected chi connectivity index (χ3v) is 3.99. The van der Waals surface area contributed by atoms with Crippen molar-refractivity contribution in [2.75, 3.05) is 25.1 Å². The first-order chi connectivity index (χ1) is 14.5. The van der Waals surface area contributed by atoms with Crippen molar-refractivity contribution in [2.45, 2.75) is 27.2 Å². The molecule has 0 spiro atoms. The van der Waals surface area contributed by atoms with Crippen LogP contribution in [0.15, 0.2) is 42.5 Å². The predicted molar refractivity (Wildman–Crippen MR) is 112 cm³/mol. The number of ether oxygens (including phenoxy) is 3. The summed E-state index contributed by atoms with van der Waals surface area (Å²) in [4.78, 5) is 35.9. The smallest absolute Gasteiger partial charge is 0.338 e. The van der Waals surface area contributed by atoms with E-state index in [0.717, 1.165) is 12.0 Å². The Morgan fingerprint density at radius 1 is 0.867 bits per heavy atom. The van der Waals surface area contributed by atoms with Gasteiger partial charge in [0.15, 0.2) is 18.1 Å². The van der Waals surface area contributed by atoms with Gasteiger partial charge in [-0.25, -0.2) is 9.59 Å². The summed E-state index contributed by atoms with van der Waals surface area (Å²) in [5.74, 6) is -0.352. The van der Waals surface area contributed by atoms with Crippen molar-refractivity contribution in [3.63, 3.8) is 0 Å². The molecule has 2 N–H and O–H groups in total. The lowest BCUT2D eigenvalue weighted by Gasteiger charge is -2.13. The predicted octanol–water partition coefficient (Wildman–Crippen LogP) is 3.55. The number of benzene rings is 2. The molecule has 2 rings (SSSR count). The van der Waals surface area contributed by atoms with Crippen LogP contribution in [0.2, 0.25) is 0 Å². The Labute approximate surface area is 175 Å². The van der Waals surface area contributed by atoms with Gasteiger partial charge in [0.1, 0.15) is 0 Å². The maximum atomic E-state index is 12.0. The van der Waals surface area contributed by atoms with E-state index in [1.165, 1.54) is 0 Å². The highest BCUT2D eigenvalue weighted by molar-refractivity contribution is 6.02. The summed E-state index contributed by atoms with van der Waals surface area (Å²) in [7, 11) is 0. The molecule has 0 saturated carbocycles. The van der Waals surface area contributed by atoms with Crippen molar-refractivity contribution in [3.8, 4) is 11.5 Å². The number of hydrogen-bond donors (Lipinski definition) is 2. The van der Waals surface area contributed by atoms with Crippen molar-refractivity contribution in [1.82, 2.24) is 5.32 Å². The van der Waals surface area contributed by atoms with Crippen LogP contribution in [0.5, 0.6) is 11.5 Å². The first-order valence-electron chi connectivity index (χ1n) is 9.73. The Bertz CT molecular complexity index is 880. The van der Waals surface area contributed by atoms with Gasteiger partial charge in [-0.3, -0.25) is 10.1 Å². The molecule has 0 unspecified atom stereocenters. The van der Waals surface area contributed by atoms with Gasteiger partial charge in [0.2, 0.25) is 0 Å². The lowest BCUT2D eigenvalue weighted by atomic mass is 10.1. The van der Waals surface area contributed by atoms with Crippen LogP contribution in [0, 0.1) is 0 Å². The normalized spacial score (nSPS) is 10.1. The van der Waals surface area contributed by atoms with Gasteiger partial charge in [0, 0.05) is 11.8 Å². The van der Waals surface area contributed by atoms with Crippen molar-refractivity contribution in [1.29, 1.82) is 0 Å². The molecule has 0 fully saturated rings. The number of aryl methyl sites for hydroxylation is 1. The monoisotopic (exact) mass is 414 g/mol. The Hall–Kier alpha value is -3.55. The molecule has 0 aliphatic carbocycles. The fraction of sp³-hybridized carbons (Fsp3) is 0.318. The van der Waals surface area contributed by atoms with Crippen LogP contribution in [-0.2, 0) is 16.0 Å². The molecule has 160 valence electrons. The van der Waals surface area contributed by atoms with E-state index in [-0.39, 0.29) is 0 Å². The molecule has 2 aromatic carbocycles. The van der Waals surface area contributed by atoms with Gasteiger partial charge in [0.25, 0.3) is 5.91 Å². The molecule has 8 nitrogen and oxygen atoms in total. The topological polar surface area (TPSA) is 103 Å². The van der Waals surface area contributed by atoms with Crippen LogP contribution in [0.25, 0.3) is 0 Å². The van der Waals surface area contributed by atoms with E-state index in [0.29, 0.717) is 36.0 Å². The molecule has 0 bridgehead atoms. The van der Waals surface area contributed by atoms with E-state index < -0.39 is 24.5 Å². The Morgan fingerprint density at radius 3 is 2.17 bits per heavy atom. The largest absolute Gasteiger partial charge is 0.490 e. The van der Waals surface area contributed by atoms with Crippen LogP contribution in [0.3, 0.4) is 0 Å². The summed E-state index contributed by atoms with van der Waals surface area (Å²) in [5.41, 5.74) is 1.84. The van der Waals surface area contributed by atoms with E-state index in [1.54, 1.807) is 30.3 Å². The lowest BCUT2D eigenvalue weighted by Crippen LogP contribution is -2.37. The summed E-state index contributed by atoms with van der Waals surface area (Å²) >= 11 is 0. The van der Waals surface area contributed by atoms with Gasteiger partial charge in [-0.2, -0.15) is 0 Å². The summed E-state index contributed by atoms with van der Waals surface area (Å²) in [5, 5.41) is 4.63. The number of imide groups is 1. The van der Waals surface area contributed by atoms with Crippen LogP contribution in [0.1, 0.15) is 36.7 Å². The molecule has 0 heterocycles. The minimum atomic E-state index is -0.755. The first-order valence-corrected chi connectivity index (χ1v) is 9.73. The maximum Gasteiger partial charge on any atom is 0.338 e. The number of amides is 3. The first kappa shape index (κ1) is 22.7. The van der Waals surface area contributed by atoms with Crippen LogP contribution < -0.4 is 20.1 Å². The van der Waals surface area contributed by atoms with Crippen molar-refractivity contribution in [2.24, 2.45) is 0 Å². The van der Waals surface area contributed by atoms with Crippen molar-refractivity contribution >= 4 is 23.6 Å². The van der Waals surface area contributed by atoms with E-state index in [4.69, 9.17) is 14.2 Å². The van der Waals surface area contributed by atoms with Gasteiger partial charge >= 0.3 is 12.0 Å². The zero-order valence-corrected chi connectivity index (χ0v) is 17.3. The number of carbonyl (C=O) groups excluding carboxylic acids is 3. The summed E-state index contributed by atoms with van der Waals surface area (Å²) in [6.07, 6.45) is 0.854. The molecule has 3 amide bonds. The summed E-state index contributed by atoms with van der Waals surface area (Å²) in [6.45, 7) is 6.03. The number of rotatable bonds is 9. The molecule has 2 aromatic rings. The highest BCUT2D eigenvalue weighted by Crippen LogP contribution is 2.30. The number of nitrogens with one attached hydrogen (secondary N) is 2. The quantitative estimate of drug-likeness (QED) is 0.608. The highest BCUT2D eigenvalue weighted by Gasteiger charge is 2.14. The number of hydrogen-bond acceptors (Lipinski definition) is 6. The van der Waals surface area contributed by atoms with Gasteiger partial charge in [-0.15, -0.1) is 0 Å². The SMILES string of the molecule is CCOc1ccc(NC(=O)NC(=O)COC(=O)c2ccc(CC)cc2)cc1OCC. The molecule has 0 aromatic heterocycles. The molecule has 0 atom stereocenters. The minimum Gasteiger partial charge on any atom is -0.490 e. The zero-order chi connectivity index (χ0) is 21.9. The van der Waals surface area contributed by atoms with Gasteiger partial charge < -0.3 is 19.5 Å². The molecular weight excluding hydrogens is 388 g/mol. The Balaban J connectivity index is 1.85. The van der Waals surface area contributed by atoms with E-state index >= 15 is 0 Å². The maximum absolute atomic E-state index is 12.0. The van der Waals surface area contributed by atoms with Crippen molar-refractivity contribution in [3.05, 3.63) is 53.6 Å². The number of urea groups is 1. The summed E-state index contributed by atoms with van der Waals surface area (Å²) < 4.78 is 15.9. The van der Waals surface area contributed by atoms with Crippen LogP contribution in [0.4, 0.5) is 10.5 Å². The number of anilines is 1. The molecule has 8 heteroatoms. The van der Waals surface area contributed by atoms with E-state index in [1.807, 2.05) is 32.9 Å². The Kier molecular flexibility index (Phi) is 8.68. The molecule has 0 saturated heterocycles. The Morgan fingerprint density at radius 2 is 1.53 bits per heavy atom. The molecule has 0 aliphatic rings. The van der Waals surface area contributed by atoms with Gasteiger partial charge in [-0.1, -0.05) is 19.1 Å². The molecule has 0 radical (unpaired) electrons. The molecule has 0 aliphatic heterocycles. The second-order valence-corrected chi connectivity index (χ2v) is 6.16. The average molecular weight is 414 g/mol. The van der Waals surface area contributed by atoms with E-state index in [9.17, 15) is 14.4 Å². The van der Waals surface area contributed by atoms with Crippen molar-refractivity contribution < 1.29 is 28.6 Å². The second kappa shape index (κ2) is 11.5. The van der Waals surface area contributed by atoms with Crippen LogP contribution in [-0.4, -0.2) is 37.7 Å². The fourth-order valence-corrected chi connectivity index (χ4v) is 2.54. The third kappa shape index (κ3) is 6.80. The van der Waals surface area contributed by atoms with E-state index in [2.05, 4.69) is 10.6 Å². The number of carbonyl (C=O) groups is 3. The van der Waals surface area contributed by atoms with Gasteiger partial charge in [-0.05, 0) is 50.1 Å². The number of esters is 1. The molecular formula is C22H26N2O6. The fourth-order valence-electron chi connectivity index (χ4n) is 2.54. The molecule has 30 heavy (non-hydrogen) atoms. The second-order valence-electron chi connectivity index (χ2n) is 6.16.